The van der Waals surface area contributed by atoms with Gasteiger partial charge in [0.05, 0.1) is 4.88 Å². The van der Waals surface area contributed by atoms with Crippen LogP contribution in [0, 0.1) is 0 Å². The summed E-state index contributed by atoms with van der Waals surface area (Å²) in [6.07, 6.45) is 2.37. The Hall–Kier alpha value is -0.430. The molecule has 0 unspecified atom stereocenters. The number of aryl methyl sites for hydroxylation is 1. The van der Waals surface area contributed by atoms with Gasteiger partial charge in [-0.25, -0.2) is 0 Å². The monoisotopic (exact) mass is 311 g/mol. The summed E-state index contributed by atoms with van der Waals surface area (Å²) in [4.78, 5) is 2.85. The average molecular weight is 312 g/mol. The molecule has 3 nitrogen and oxygen atoms in total. The van der Waals surface area contributed by atoms with Gasteiger partial charge in [-0.15, -0.1) is 21.5 Å². The molecule has 2 aromatic rings. The minimum absolute atomic E-state index is 0.840. The quantitative estimate of drug-likeness (QED) is 0.857. The van der Waals surface area contributed by atoms with E-state index in [1.54, 1.807) is 16.2 Å². The molecule has 102 valence electrons. The highest BCUT2D eigenvalue weighted by atomic mass is 32.2. The van der Waals surface area contributed by atoms with Crippen molar-refractivity contribution in [1.82, 2.24) is 15.5 Å². The van der Waals surface area contributed by atoms with Crippen molar-refractivity contribution in [2.45, 2.75) is 32.1 Å². The summed E-state index contributed by atoms with van der Waals surface area (Å²) in [6.45, 7) is 4.05. The van der Waals surface area contributed by atoms with E-state index < -0.39 is 0 Å². The molecule has 2 aromatic heterocycles. The number of aromatic nitrogens is 2. The third-order valence-corrected chi connectivity index (χ3v) is 6.35. The molecule has 1 N–H and O–H groups in total. The molecule has 6 heteroatoms. The van der Waals surface area contributed by atoms with Crippen molar-refractivity contribution in [3.05, 3.63) is 21.5 Å². The Bertz CT molecular complexity index is 524. The highest BCUT2D eigenvalue weighted by molar-refractivity contribution is 7.98. The van der Waals surface area contributed by atoms with Gasteiger partial charge in [0, 0.05) is 17.2 Å². The summed E-state index contributed by atoms with van der Waals surface area (Å²) < 4.78 is 0. The number of thiophene rings is 1. The third-order valence-electron chi connectivity index (χ3n) is 3.01. The van der Waals surface area contributed by atoms with Crippen LogP contribution in [0.1, 0.15) is 28.8 Å². The van der Waals surface area contributed by atoms with Crippen LogP contribution in [0.3, 0.4) is 0 Å². The number of hydrogen-bond donors (Lipinski definition) is 1. The van der Waals surface area contributed by atoms with E-state index in [4.69, 9.17) is 0 Å². The van der Waals surface area contributed by atoms with Gasteiger partial charge in [0.2, 0.25) is 0 Å². The molecule has 1 aliphatic rings. The number of fused-ring (bicyclic) bond motifs is 1. The lowest BCUT2D eigenvalue weighted by atomic mass is 10.2. The standard InChI is InChI=1S/C13H17N3S3/c1-2-4-14-7-12-15-16-13(19-12)11-6-9-8-17-5-3-10(9)18-11/h6,14H,2-5,7-8H2,1H3. The zero-order chi connectivity index (χ0) is 13.1. The molecule has 0 saturated carbocycles. The van der Waals surface area contributed by atoms with Gasteiger partial charge in [0.15, 0.2) is 5.01 Å². The molecule has 0 spiro atoms. The molecule has 0 aromatic carbocycles. The summed E-state index contributed by atoms with van der Waals surface area (Å²) in [7, 11) is 0. The number of hydrogen-bond acceptors (Lipinski definition) is 6. The largest absolute Gasteiger partial charge is 0.310 e. The van der Waals surface area contributed by atoms with Gasteiger partial charge in [-0.1, -0.05) is 18.3 Å². The fourth-order valence-electron chi connectivity index (χ4n) is 2.05. The first-order valence-electron chi connectivity index (χ1n) is 6.59. The first kappa shape index (κ1) is 13.5. The van der Waals surface area contributed by atoms with Crippen molar-refractivity contribution in [2.24, 2.45) is 0 Å². The summed E-state index contributed by atoms with van der Waals surface area (Å²) >= 11 is 5.65. The van der Waals surface area contributed by atoms with Gasteiger partial charge in [0.1, 0.15) is 5.01 Å². The van der Waals surface area contributed by atoms with Crippen molar-refractivity contribution < 1.29 is 0 Å². The molecule has 0 fully saturated rings. The zero-order valence-corrected chi connectivity index (χ0v) is 13.4. The molecule has 0 bridgehead atoms. The Morgan fingerprint density at radius 3 is 3.11 bits per heavy atom. The lowest BCUT2D eigenvalue weighted by molar-refractivity contribution is 0.668. The number of nitrogens with zero attached hydrogens (tertiary/aromatic N) is 2. The summed E-state index contributed by atoms with van der Waals surface area (Å²) in [6, 6.07) is 2.32. The molecular formula is C13H17N3S3. The zero-order valence-electron chi connectivity index (χ0n) is 10.9. The summed E-state index contributed by atoms with van der Waals surface area (Å²) in [5.41, 5.74) is 1.51. The van der Waals surface area contributed by atoms with Crippen LogP contribution in [0.15, 0.2) is 6.07 Å². The predicted molar refractivity (Wildman–Crippen MR) is 85.1 cm³/mol. The first-order chi connectivity index (χ1) is 9.36. The van der Waals surface area contributed by atoms with Crippen molar-refractivity contribution in [3.63, 3.8) is 0 Å². The van der Waals surface area contributed by atoms with Crippen LogP contribution in [-0.2, 0) is 18.7 Å². The Morgan fingerprint density at radius 1 is 1.32 bits per heavy atom. The predicted octanol–water partition coefficient (Wildman–Crippen LogP) is 3.56. The average Bonchev–Trinajstić information content (AvgIpc) is 3.04. The van der Waals surface area contributed by atoms with Gasteiger partial charge < -0.3 is 5.32 Å². The van der Waals surface area contributed by atoms with Crippen molar-refractivity contribution >= 4 is 34.4 Å². The summed E-state index contributed by atoms with van der Waals surface area (Å²) in [5, 5.41) is 14.2. The number of rotatable bonds is 5. The smallest absolute Gasteiger partial charge is 0.157 e. The molecule has 0 amide bonds. The summed E-state index contributed by atoms with van der Waals surface area (Å²) in [5.74, 6) is 2.42. The van der Waals surface area contributed by atoms with Crippen LogP contribution in [0.5, 0.6) is 0 Å². The topological polar surface area (TPSA) is 37.8 Å². The maximum absolute atomic E-state index is 4.34. The molecule has 0 aliphatic carbocycles. The molecule has 3 heterocycles. The van der Waals surface area contributed by atoms with Crippen LogP contribution >= 0.6 is 34.4 Å². The Kier molecular flexibility index (Phi) is 4.53. The molecule has 0 saturated heterocycles. The van der Waals surface area contributed by atoms with Crippen LogP contribution < -0.4 is 5.32 Å². The highest BCUT2D eigenvalue weighted by Gasteiger charge is 2.16. The van der Waals surface area contributed by atoms with E-state index >= 15 is 0 Å². The van der Waals surface area contributed by atoms with Gasteiger partial charge in [0.25, 0.3) is 0 Å². The minimum Gasteiger partial charge on any atom is -0.310 e. The first-order valence-corrected chi connectivity index (χ1v) is 9.38. The molecule has 0 radical (unpaired) electrons. The fourth-order valence-corrected chi connectivity index (χ4v) is 5.27. The Labute approximate surface area is 125 Å². The van der Waals surface area contributed by atoms with Gasteiger partial charge in [-0.3, -0.25) is 0 Å². The second kappa shape index (κ2) is 6.35. The minimum atomic E-state index is 0.840. The second-order valence-electron chi connectivity index (χ2n) is 4.54. The van der Waals surface area contributed by atoms with Crippen LogP contribution in [0.4, 0.5) is 0 Å². The molecule has 19 heavy (non-hydrogen) atoms. The lowest BCUT2D eigenvalue weighted by Crippen LogP contribution is -2.13. The maximum Gasteiger partial charge on any atom is 0.157 e. The van der Waals surface area contributed by atoms with Crippen LogP contribution in [0.2, 0.25) is 0 Å². The maximum atomic E-state index is 4.34. The van der Waals surface area contributed by atoms with E-state index in [9.17, 15) is 0 Å². The van der Waals surface area contributed by atoms with E-state index in [1.807, 2.05) is 23.1 Å². The van der Waals surface area contributed by atoms with Crippen LogP contribution in [-0.4, -0.2) is 22.5 Å². The van der Waals surface area contributed by atoms with E-state index in [0.717, 1.165) is 35.3 Å². The number of thioether (sulfide) groups is 1. The third kappa shape index (κ3) is 3.18. The second-order valence-corrected chi connectivity index (χ2v) is 7.84. The molecular weight excluding hydrogens is 294 g/mol. The van der Waals surface area contributed by atoms with Crippen LogP contribution in [0.25, 0.3) is 9.88 Å². The fraction of sp³-hybridized carbons (Fsp3) is 0.538. The molecule has 1 aliphatic heterocycles. The highest BCUT2D eigenvalue weighted by Crippen LogP contribution is 2.37. The van der Waals surface area contributed by atoms with E-state index in [1.165, 1.54) is 22.6 Å². The molecule has 3 rings (SSSR count). The van der Waals surface area contributed by atoms with Crippen molar-refractivity contribution in [2.75, 3.05) is 12.3 Å². The van der Waals surface area contributed by atoms with E-state index in [2.05, 4.69) is 28.5 Å². The van der Waals surface area contributed by atoms with E-state index in [-0.39, 0.29) is 0 Å². The Morgan fingerprint density at radius 2 is 2.26 bits per heavy atom. The SMILES string of the molecule is CCCNCc1nnc(-c2cc3c(s2)CCSC3)s1. The van der Waals surface area contributed by atoms with E-state index in [0.29, 0.717) is 0 Å². The number of nitrogens with one attached hydrogen (secondary N) is 1. The van der Waals surface area contributed by atoms with Gasteiger partial charge >= 0.3 is 0 Å². The Balaban J connectivity index is 1.73. The lowest BCUT2D eigenvalue weighted by Gasteiger charge is -2.08. The van der Waals surface area contributed by atoms with Gasteiger partial charge in [-0.05, 0) is 36.8 Å². The van der Waals surface area contributed by atoms with Gasteiger partial charge in [-0.2, -0.15) is 11.8 Å². The molecule has 0 atom stereocenters. The normalized spacial score (nSPS) is 14.6. The van der Waals surface area contributed by atoms with Crippen molar-refractivity contribution in [1.29, 1.82) is 0 Å². The van der Waals surface area contributed by atoms with Crippen molar-refractivity contribution in [3.8, 4) is 9.88 Å².